The Kier molecular flexibility index (Phi) is 4.58. The second-order valence-electron chi connectivity index (χ2n) is 5.18. The number of nitrogens with zero attached hydrogens (tertiary/aromatic N) is 3. The number of aryl methyl sites for hydroxylation is 1. The van der Waals surface area contributed by atoms with Crippen molar-refractivity contribution in [2.75, 3.05) is 23.8 Å². The zero-order valence-electron chi connectivity index (χ0n) is 11.9. The second kappa shape index (κ2) is 6.19. The number of hydrogen-bond acceptors (Lipinski definition) is 5. The Morgan fingerprint density at radius 3 is 2.58 bits per heavy atom. The van der Waals surface area contributed by atoms with Crippen LogP contribution in [0, 0.1) is 6.92 Å². The fourth-order valence-electron chi connectivity index (χ4n) is 2.79. The molecule has 5 nitrogen and oxygen atoms in total. The fourth-order valence-corrected chi connectivity index (χ4v) is 2.79. The van der Waals surface area contributed by atoms with Crippen LogP contribution in [0.1, 0.15) is 44.0 Å². The molecular weight excluding hydrogens is 240 g/mol. The average Bonchev–Trinajstić information content (AvgIpc) is 2.93. The molecule has 1 aliphatic rings. The molecule has 2 rings (SSSR count). The predicted molar refractivity (Wildman–Crippen MR) is 77.2 cm³/mol. The van der Waals surface area contributed by atoms with Crippen molar-refractivity contribution in [2.45, 2.75) is 52.0 Å². The maximum Gasteiger partial charge on any atom is 0.137 e. The third-order valence-electron chi connectivity index (χ3n) is 3.90. The summed E-state index contributed by atoms with van der Waals surface area (Å²) < 4.78 is 0. The number of aliphatic hydroxyl groups is 1. The molecule has 0 aliphatic heterocycles. The Labute approximate surface area is 114 Å². The predicted octanol–water partition coefficient (Wildman–Crippen LogP) is 1.67. The number of aromatic nitrogens is 2. The lowest BCUT2D eigenvalue weighted by Crippen LogP contribution is -2.37. The second-order valence-corrected chi connectivity index (χ2v) is 5.18. The van der Waals surface area contributed by atoms with Crippen molar-refractivity contribution in [1.29, 1.82) is 0 Å². The van der Waals surface area contributed by atoms with Gasteiger partial charge >= 0.3 is 0 Å². The van der Waals surface area contributed by atoms with Gasteiger partial charge in [0.25, 0.3) is 0 Å². The highest BCUT2D eigenvalue weighted by Crippen LogP contribution is 2.30. The van der Waals surface area contributed by atoms with Gasteiger partial charge in [-0.2, -0.15) is 0 Å². The van der Waals surface area contributed by atoms with Crippen molar-refractivity contribution in [3.63, 3.8) is 0 Å². The first-order chi connectivity index (χ1) is 9.17. The van der Waals surface area contributed by atoms with Crippen molar-refractivity contribution in [3.8, 4) is 0 Å². The van der Waals surface area contributed by atoms with E-state index < -0.39 is 0 Å². The van der Waals surface area contributed by atoms with Gasteiger partial charge in [0.15, 0.2) is 0 Å². The van der Waals surface area contributed by atoms with Gasteiger partial charge in [-0.25, -0.2) is 9.97 Å². The van der Waals surface area contributed by atoms with Gasteiger partial charge in [0.1, 0.15) is 17.5 Å². The van der Waals surface area contributed by atoms with Crippen LogP contribution in [0.4, 0.5) is 11.6 Å². The van der Waals surface area contributed by atoms with Gasteiger partial charge in [-0.15, -0.1) is 0 Å². The first kappa shape index (κ1) is 14.1. The molecular formula is C14H24N4O. The van der Waals surface area contributed by atoms with E-state index >= 15 is 0 Å². The van der Waals surface area contributed by atoms with Gasteiger partial charge in [-0.3, -0.25) is 0 Å². The van der Waals surface area contributed by atoms with Crippen LogP contribution in [-0.4, -0.2) is 34.3 Å². The molecule has 1 fully saturated rings. The van der Waals surface area contributed by atoms with E-state index in [0.29, 0.717) is 18.4 Å². The quantitative estimate of drug-likeness (QED) is 0.846. The highest BCUT2D eigenvalue weighted by atomic mass is 16.3. The van der Waals surface area contributed by atoms with Crippen LogP contribution < -0.4 is 10.6 Å². The third-order valence-corrected chi connectivity index (χ3v) is 3.90. The molecule has 0 unspecified atom stereocenters. The molecule has 0 saturated heterocycles. The topological polar surface area (TPSA) is 75.3 Å². The summed E-state index contributed by atoms with van der Waals surface area (Å²) in [6.07, 6.45) is 5.63. The average molecular weight is 264 g/mol. The van der Waals surface area contributed by atoms with Crippen LogP contribution in [0.2, 0.25) is 0 Å². The van der Waals surface area contributed by atoms with E-state index in [-0.39, 0.29) is 6.61 Å². The lowest BCUT2D eigenvalue weighted by atomic mass is 10.1. The lowest BCUT2D eigenvalue weighted by Gasteiger charge is -2.31. The van der Waals surface area contributed by atoms with Gasteiger partial charge in [0.05, 0.1) is 6.61 Å². The van der Waals surface area contributed by atoms with E-state index in [2.05, 4.69) is 14.9 Å². The van der Waals surface area contributed by atoms with Crippen LogP contribution in [0.5, 0.6) is 0 Å². The van der Waals surface area contributed by atoms with E-state index in [4.69, 9.17) is 5.73 Å². The molecule has 3 N–H and O–H groups in total. The minimum atomic E-state index is 0.140. The number of nitrogen functional groups attached to an aromatic ring is 1. The Morgan fingerprint density at radius 2 is 2.00 bits per heavy atom. The Balaban J connectivity index is 2.36. The molecule has 0 atom stereocenters. The molecule has 0 bridgehead atoms. The summed E-state index contributed by atoms with van der Waals surface area (Å²) in [5.74, 6) is 2.24. The summed E-state index contributed by atoms with van der Waals surface area (Å²) in [5.41, 5.74) is 6.92. The van der Waals surface area contributed by atoms with Crippen molar-refractivity contribution in [3.05, 3.63) is 11.4 Å². The van der Waals surface area contributed by atoms with Gasteiger partial charge < -0.3 is 15.7 Å². The lowest BCUT2D eigenvalue weighted by molar-refractivity contribution is 0.296. The minimum Gasteiger partial charge on any atom is -0.395 e. The summed E-state index contributed by atoms with van der Waals surface area (Å²) >= 11 is 0. The molecule has 1 saturated carbocycles. The number of nitrogens with two attached hydrogens (primary N) is 1. The van der Waals surface area contributed by atoms with Gasteiger partial charge in [-0.05, 0) is 19.8 Å². The van der Waals surface area contributed by atoms with E-state index in [9.17, 15) is 5.11 Å². The Hall–Kier alpha value is -1.36. The SMILES string of the molecule is CCc1nc(N)c(C)c(N(CCO)C2CCCC2)n1. The number of rotatable bonds is 5. The maximum atomic E-state index is 9.33. The molecule has 1 aromatic heterocycles. The number of anilines is 2. The molecule has 0 radical (unpaired) electrons. The first-order valence-electron chi connectivity index (χ1n) is 7.17. The summed E-state index contributed by atoms with van der Waals surface area (Å²) in [7, 11) is 0. The van der Waals surface area contributed by atoms with Gasteiger partial charge in [0.2, 0.25) is 0 Å². The number of hydrogen-bond donors (Lipinski definition) is 2. The normalized spacial score (nSPS) is 15.9. The van der Waals surface area contributed by atoms with Crippen LogP contribution in [0.3, 0.4) is 0 Å². The molecule has 1 aromatic rings. The molecule has 5 heteroatoms. The monoisotopic (exact) mass is 264 g/mol. The van der Waals surface area contributed by atoms with E-state index in [1.54, 1.807) is 0 Å². The van der Waals surface area contributed by atoms with Crippen LogP contribution in [0.15, 0.2) is 0 Å². The molecule has 0 aromatic carbocycles. The molecule has 19 heavy (non-hydrogen) atoms. The van der Waals surface area contributed by atoms with Crippen molar-refractivity contribution >= 4 is 11.6 Å². The Bertz CT molecular complexity index is 430. The smallest absolute Gasteiger partial charge is 0.137 e. The Morgan fingerprint density at radius 1 is 1.32 bits per heavy atom. The molecule has 106 valence electrons. The van der Waals surface area contributed by atoms with Crippen LogP contribution in [0.25, 0.3) is 0 Å². The van der Waals surface area contributed by atoms with Crippen molar-refractivity contribution in [2.24, 2.45) is 0 Å². The van der Waals surface area contributed by atoms with E-state index in [0.717, 1.165) is 23.6 Å². The first-order valence-corrected chi connectivity index (χ1v) is 7.17. The van der Waals surface area contributed by atoms with E-state index in [1.165, 1.54) is 25.7 Å². The van der Waals surface area contributed by atoms with E-state index in [1.807, 2.05) is 13.8 Å². The molecule has 1 heterocycles. The summed E-state index contributed by atoms with van der Waals surface area (Å²) in [6, 6.07) is 0.477. The van der Waals surface area contributed by atoms with Crippen molar-refractivity contribution < 1.29 is 5.11 Å². The van der Waals surface area contributed by atoms with Crippen LogP contribution in [-0.2, 0) is 6.42 Å². The molecule has 0 spiro atoms. The minimum absolute atomic E-state index is 0.140. The van der Waals surface area contributed by atoms with Crippen LogP contribution >= 0.6 is 0 Å². The largest absolute Gasteiger partial charge is 0.395 e. The highest BCUT2D eigenvalue weighted by Gasteiger charge is 2.25. The highest BCUT2D eigenvalue weighted by molar-refractivity contribution is 5.57. The standard InChI is InChI=1S/C14H24N4O/c1-3-12-16-13(15)10(2)14(17-12)18(8-9-19)11-6-4-5-7-11/h11,19H,3-9H2,1-2H3,(H2,15,16,17). The summed E-state index contributed by atoms with van der Waals surface area (Å²) in [6.45, 7) is 4.75. The van der Waals surface area contributed by atoms with Gasteiger partial charge in [-0.1, -0.05) is 19.8 Å². The zero-order chi connectivity index (χ0) is 13.8. The van der Waals surface area contributed by atoms with Gasteiger partial charge in [0, 0.05) is 24.6 Å². The van der Waals surface area contributed by atoms with Crippen molar-refractivity contribution in [1.82, 2.24) is 9.97 Å². The fraction of sp³-hybridized carbons (Fsp3) is 0.714. The zero-order valence-corrected chi connectivity index (χ0v) is 11.9. The summed E-state index contributed by atoms with van der Waals surface area (Å²) in [4.78, 5) is 11.2. The maximum absolute atomic E-state index is 9.33. The molecule has 0 amide bonds. The molecule has 1 aliphatic carbocycles. The third kappa shape index (κ3) is 2.97. The number of aliphatic hydroxyl groups excluding tert-OH is 1. The summed E-state index contributed by atoms with van der Waals surface area (Å²) in [5, 5.41) is 9.33.